The Morgan fingerprint density at radius 3 is 2.32 bits per heavy atom. The van der Waals surface area contributed by atoms with Gasteiger partial charge in [0.1, 0.15) is 0 Å². The average Bonchev–Trinajstić information content (AvgIpc) is 3.07. The first-order valence-electron chi connectivity index (χ1n) is 8.80. The Morgan fingerprint density at radius 1 is 1.05 bits per heavy atom. The van der Waals surface area contributed by atoms with Gasteiger partial charge in [0.25, 0.3) is 5.91 Å². The van der Waals surface area contributed by atoms with E-state index in [1.807, 2.05) is 29.2 Å². The number of aryl methyl sites for hydroxylation is 1. The van der Waals surface area contributed by atoms with E-state index in [2.05, 4.69) is 11.8 Å². The van der Waals surface area contributed by atoms with Gasteiger partial charge >= 0.3 is 0 Å². The molecule has 3 heteroatoms. The predicted molar refractivity (Wildman–Crippen MR) is 90.1 cm³/mol. The fraction of sp³-hybridized carbons (Fsp3) is 0.632. The molecule has 0 aliphatic carbocycles. The molecule has 0 aromatic heterocycles. The highest BCUT2D eigenvalue weighted by Crippen LogP contribution is 2.23. The van der Waals surface area contributed by atoms with Crippen LogP contribution in [0.4, 0.5) is 0 Å². The van der Waals surface area contributed by atoms with Gasteiger partial charge in [-0.15, -0.1) is 0 Å². The zero-order chi connectivity index (χ0) is 15.4. The van der Waals surface area contributed by atoms with Crippen LogP contribution in [0.3, 0.4) is 0 Å². The summed E-state index contributed by atoms with van der Waals surface area (Å²) in [4.78, 5) is 17.1. The van der Waals surface area contributed by atoms with E-state index < -0.39 is 0 Å². The number of carbonyl (C=O) groups is 1. The second kappa shape index (κ2) is 7.28. The average molecular weight is 300 g/mol. The molecule has 2 heterocycles. The van der Waals surface area contributed by atoms with Gasteiger partial charge in [-0.1, -0.05) is 17.7 Å². The minimum atomic E-state index is 0.206. The molecule has 2 aliphatic rings. The zero-order valence-electron chi connectivity index (χ0n) is 13.8. The molecule has 22 heavy (non-hydrogen) atoms. The maximum atomic E-state index is 12.5. The van der Waals surface area contributed by atoms with Crippen molar-refractivity contribution in [1.29, 1.82) is 0 Å². The van der Waals surface area contributed by atoms with Crippen LogP contribution >= 0.6 is 0 Å². The zero-order valence-corrected chi connectivity index (χ0v) is 13.8. The molecule has 3 rings (SSSR count). The summed E-state index contributed by atoms with van der Waals surface area (Å²) in [5.74, 6) is 1.01. The minimum Gasteiger partial charge on any atom is -0.339 e. The van der Waals surface area contributed by atoms with E-state index in [1.165, 1.54) is 57.3 Å². The molecule has 1 amide bonds. The summed E-state index contributed by atoms with van der Waals surface area (Å²) in [5.41, 5.74) is 2.04. The first-order valence-corrected chi connectivity index (χ1v) is 8.80. The van der Waals surface area contributed by atoms with Crippen LogP contribution in [-0.4, -0.2) is 48.4 Å². The summed E-state index contributed by atoms with van der Waals surface area (Å²) in [7, 11) is 0. The van der Waals surface area contributed by atoms with Crippen molar-refractivity contribution in [3.05, 3.63) is 35.4 Å². The van der Waals surface area contributed by atoms with E-state index in [0.29, 0.717) is 0 Å². The summed E-state index contributed by atoms with van der Waals surface area (Å²) in [6.45, 7) is 7.76. The van der Waals surface area contributed by atoms with Gasteiger partial charge in [-0.25, -0.2) is 0 Å². The molecule has 1 aromatic carbocycles. The number of amides is 1. The lowest BCUT2D eigenvalue weighted by Crippen LogP contribution is -2.39. The normalized spacial score (nSPS) is 20.5. The monoisotopic (exact) mass is 300 g/mol. The smallest absolute Gasteiger partial charge is 0.253 e. The minimum absolute atomic E-state index is 0.206. The lowest BCUT2D eigenvalue weighted by atomic mass is 9.93. The number of nitrogens with zero attached hydrogens (tertiary/aromatic N) is 2. The molecule has 0 saturated carbocycles. The Balaban J connectivity index is 1.44. The standard InChI is InChI=1S/C19H28N2O/c1-16-4-6-18(7-5-16)19(22)21-14-9-17(10-15-21)8-13-20-11-2-3-12-20/h4-7,17H,2-3,8-15H2,1H3. The lowest BCUT2D eigenvalue weighted by Gasteiger charge is -2.32. The number of rotatable bonds is 4. The van der Waals surface area contributed by atoms with E-state index >= 15 is 0 Å². The first-order chi connectivity index (χ1) is 10.7. The molecule has 2 fully saturated rings. The van der Waals surface area contributed by atoms with E-state index in [4.69, 9.17) is 0 Å². The van der Waals surface area contributed by atoms with Gasteiger partial charge in [0.15, 0.2) is 0 Å². The van der Waals surface area contributed by atoms with Gasteiger partial charge in [0, 0.05) is 18.7 Å². The van der Waals surface area contributed by atoms with Crippen molar-refractivity contribution >= 4 is 5.91 Å². The van der Waals surface area contributed by atoms with Crippen molar-refractivity contribution in [2.75, 3.05) is 32.7 Å². The number of likely N-dealkylation sites (tertiary alicyclic amines) is 2. The van der Waals surface area contributed by atoms with E-state index in [1.54, 1.807) is 0 Å². The van der Waals surface area contributed by atoms with E-state index in [0.717, 1.165) is 24.6 Å². The fourth-order valence-corrected chi connectivity index (χ4v) is 3.67. The van der Waals surface area contributed by atoms with Crippen LogP contribution < -0.4 is 0 Å². The summed E-state index contributed by atoms with van der Waals surface area (Å²) >= 11 is 0. The summed E-state index contributed by atoms with van der Waals surface area (Å²) in [6, 6.07) is 7.96. The van der Waals surface area contributed by atoms with Crippen molar-refractivity contribution in [3.63, 3.8) is 0 Å². The Kier molecular flexibility index (Phi) is 5.14. The molecule has 0 radical (unpaired) electrons. The third-order valence-electron chi connectivity index (χ3n) is 5.25. The van der Waals surface area contributed by atoms with Crippen LogP contribution in [0.1, 0.15) is 48.0 Å². The molecule has 120 valence electrons. The van der Waals surface area contributed by atoms with Crippen molar-refractivity contribution in [2.45, 2.75) is 39.0 Å². The van der Waals surface area contributed by atoms with Gasteiger partial charge < -0.3 is 9.80 Å². The molecule has 3 nitrogen and oxygen atoms in total. The Bertz CT molecular complexity index is 483. The van der Waals surface area contributed by atoms with Gasteiger partial charge in [0.05, 0.1) is 0 Å². The second-order valence-electron chi connectivity index (χ2n) is 6.94. The molecule has 0 unspecified atom stereocenters. The van der Waals surface area contributed by atoms with Crippen molar-refractivity contribution in [3.8, 4) is 0 Å². The molecule has 2 aliphatic heterocycles. The lowest BCUT2D eigenvalue weighted by molar-refractivity contribution is 0.0682. The molecule has 0 atom stereocenters. The Morgan fingerprint density at radius 2 is 1.68 bits per heavy atom. The third kappa shape index (κ3) is 3.89. The summed E-state index contributed by atoms with van der Waals surface area (Å²) < 4.78 is 0. The highest BCUT2D eigenvalue weighted by Gasteiger charge is 2.24. The van der Waals surface area contributed by atoms with Gasteiger partial charge in [-0.2, -0.15) is 0 Å². The summed E-state index contributed by atoms with van der Waals surface area (Å²) in [5, 5.41) is 0. The number of piperidine rings is 1. The highest BCUT2D eigenvalue weighted by molar-refractivity contribution is 5.94. The predicted octanol–water partition coefficient (Wildman–Crippen LogP) is 3.33. The number of hydrogen-bond acceptors (Lipinski definition) is 2. The molecule has 0 spiro atoms. The largest absolute Gasteiger partial charge is 0.339 e. The Hall–Kier alpha value is -1.35. The number of benzene rings is 1. The van der Waals surface area contributed by atoms with Crippen molar-refractivity contribution in [1.82, 2.24) is 9.80 Å². The molecule has 0 bridgehead atoms. The maximum absolute atomic E-state index is 12.5. The van der Waals surface area contributed by atoms with Crippen LogP contribution in [0.2, 0.25) is 0 Å². The van der Waals surface area contributed by atoms with Gasteiger partial charge in [0.2, 0.25) is 0 Å². The fourth-order valence-electron chi connectivity index (χ4n) is 3.67. The SMILES string of the molecule is Cc1ccc(C(=O)N2CCC(CCN3CCCC3)CC2)cc1. The van der Waals surface area contributed by atoms with Gasteiger partial charge in [-0.3, -0.25) is 4.79 Å². The molecule has 2 saturated heterocycles. The number of hydrogen-bond donors (Lipinski definition) is 0. The van der Waals surface area contributed by atoms with Crippen LogP contribution in [0.15, 0.2) is 24.3 Å². The Labute approximate surface area is 134 Å². The van der Waals surface area contributed by atoms with Crippen molar-refractivity contribution in [2.24, 2.45) is 5.92 Å². The van der Waals surface area contributed by atoms with Crippen LogP contribution in [0.5, 0.6) is 0 Å². The number of carbonyl (C=O) groups excluding carboxylic acids is 1. The van der Waals surface area contributed by atoms with E-state index in [-0.39, 0.29) is 5.91 Å². The second-order valence-corrected chi connectivity index (χ2v) is 6.94. The molecule has 0 N–H and O–H groups in total. The maximum Gasteiger partial charge on any atom is 0.253 e. The molecular weight excluding hydrogens is 272 g/mol. The molecular formula is C19H28N2O. The quantitative estimate of drug-likeness (QED) is 0.851. The van der Waals surface area contributed by atoms with Crippen molar-refractivity contribution < 1.29 is 4.79 Å². The van der Waals surface area contributed by atoms with Gasteiger partial charge in [-0.05, 0) is 76.7 Å². The van der Waals surface area contributed by atoms with Crippen LogP contribution in [-0.2, 0) is 0 Å². The first kappa shape index (κ1) is 15.5. The van der Waals surface area contributed by atoms with E-state index in [9.17, 15) is 4.79 Å². The third-order valence-corrected chi connectivity index (χ3v) is 5.25. The summed E-state index contributed by atoms with van der Waals surface area (Å²) in [6.07, 6.45) is 6.41. The topological polar surface area (TPSA) is 23.6 Å². The molecule has 1 aromatic rings. The van der Waals surface area contributed by atoms with Crippen LogP contribution in [0, 0.1) is 12.8 Å². The van der Waals surface area contributed by atoms with Crippen LogP contribution in [0.25, 0.3) is 0 Å². The highest BCUT2D eigenvalue weighted by atomic mass is 16.2.